The van der Waals surface area contributed by atoms with Gasteiger partial charge < -0.3 is 9.80 Å². The first-order valence-corrected chi connectivity index (χ1v) is 21.3. The van der Waals surface area contributed by atoms with Crippen molar-refractivity contribution in [2.45, 2.75) is 21.6 Å². The van der Waals surface area contributed by atoms with Crippen molar-refractivity contribution >= 4 is 57.3 Å². The Balaban J connectivity index is 1.20. The first-order chi connectivity index (χ1) is 24.6. The van der Waals surface area contributed by atoms with Crippen molar-refractivity contribution in [2.24, 2.45) is 11.8 Å². The number of sulfone groups is 2. The van der Waals surface area contributed by atoms with Gasteiger partial charge in [-0.2, -0.15) is 0 Å². The van der Waals surface area contributed by atoms with Gasteiger partial charge in [-0.3, -0.25) is 4.79 Å². The molecule has 0 aliphatic carbocycles. The van der Waals surface area contributed by atoms with Crippen LogP contribution in [0.15, 0.2) is 104 Å². The molecule has 6 rings (SSSR count). The first kappa shape index (κ1) is 38.8. The van der Waals surface area contributed by atoms with E-state index in [1.807, 2.05) is 9.80 Å². The van der Waals surface area contributed by atoms with Crippen molar-refractivity contribution in [3.63, 3.8) is 0 Å². The number of carbonyl (C=O) groups is 1. The van der Waals surface area contributed by atoms with Crippen LogP contribution in [0.3, 0.4) is 0 Å². The lowest BCUT2D eigenvalue weighted by atomic mass is 9.81. The Bertz CT molecular complexity index is 2010. The minimum atomic E-state index is -3.67. The standard InChI is InChI=1S/C37H34Br2F4N2O5S2/c38-35-13-27(42)5-11-31(35)33(19-44-15-23(16-44)21-51(47,48)29-7-1-25(40)2-8-29)37(46)34(32-12-6-28(43)14-36(32)39)20-45-17-24(18-45)22-52(49,50)30-9-3-26(41)4-10-30/h1-14,23-24,33-34H,15-22H2. The number of benzene rings is 4. The van der Waals surface area contributed by atoms with E-state index in [2.05, 4.69) is 31.9 Å². The van der Waals surface area contributed by atoms with Gasteiger partial charge in [0.05, 0.1) is 33.1 Å². The van der Waals surface area contributed by atoms with Crippen molar-refractivity contribution in [3.05, 3.63) is 128 Å². The van der Waals surface area contributed by atoms with Gasteiger partial charge in [-0.05, 0) is 95.8 Å². The third-order valence-corrected chi connectivity index (χ3v) is 14.7. The summed E-state index contributed by atoms with van der Waals surface area (Å²) in [6.07, 6.45) is 0. The predicted octanol–water partition coefficient (Wildman–Crippen LogP) is 7.02. The van der Waals surface area contributed by atoms with E-state index in [1.54, 1.807) is 0 Å². The van der Waals surface area contributed by atoms with Crippen molar-refractivity contribution in [1.29, 1.82) is 0 Å². The fourth-order valence-corrected chi connectivity index (χ4v) is 11.4. The number of hydrogen-bond acceptors (Lipinski definition) is 7. The van der Waals surface area contributed by atoms with E-state index < -0.39 is 54.8 Å². The van der Waals surface area contributed by atoms with Crippen LogP contribution in [0.1, 0.15) is 23.0 Å². The number of Topliss-reactive ketones (excluding diaryl/α,β-unsaturated/α-hetero) is 1. The van der Waals surface area contributed by atoms with E-state index in [4.69, 9.17) is 0 Å². The number of ketones is 1. The highest BCUT2D eigenvalue weighted by atomic mass is 79.9. The van der Waals surface area contributed by atoms with E-state index in [9.17, 15) is 39.2 Å². The number of rotatable bonds is 14. The molecule has 276 valence electrons. The molecule has 2 saturated heterocycles. The van der Waals surface area contributed by atoms with Crippen LogP contribution in [0.2, 0.25) is 0 Å². The molecule has 2 unspecified atom stereocenters. The van der Waals surface area contributed by atoms with Gasteiger partial charge in [0.25, 0.3) is 0 Å². The lowest BCUT2D eigenvalue weighted by molar-refractivity contribution is -0.123. The summed E-state index contributed by atoms with van der Waals surface area (Å²) in [5.74, 6) is -4.67. The van der Waals surface area contributed by atoms with Gasteiger partial charge in [-0.25, -0.2) is 34.4 Å². The van der Waals surface area contributed by atoms with Gasteiger partial charge >= 0.3 is 0 Å². The monoisotopic (exact) mass is 884 g/mol. The molecule has 4 aromatic rings. The second-order valence-electron chi connectivity index (χ2n) is 13.5. The molecule has 0 N–H and O–H groups in total. The molecule has 0 saturated carbocycles. The molecular formula is C37H34Br2F4N2O5S2. The topological polar surface area (TPSA) is 91.8 Å². The first-order valence-electron chi connectivity index (χ1n) is 16.4. The van der Waals surface area contributed by atoms with Crippen molar-refractivity contribution < 1.29 is 39.2 Å². The van der Waals surface area contributed by atoms with Crippen molar-refractivity contribution in [2.75, 3.05) is 50.8 Å². The van der Waals surface area contributed by atoms with Crippen LogP contribution in [-0.4, -0.2) is 83.2 Å². The zero-order chi connectivity index (χ0) is 37.4. The number of carbonyl (C=O) groups excluding carboxylic acids is 1. The second kappa shape index (κ2) is 15.8. The summed E-state index contributed by atoms with van der Waals surface area (Å²) in [4.78, 5) is 18.8. The maximum atomic E-state index is 14.8. The summed E-state index contributed by atoms with van der Waals surface area (Å²) in [6, 6.07) is 17.5. The average molecular weight is 887 g/mol. The van der Waals surface area contributed by atoms with E-state index in [0.717, 1.165) is 24.3 Å². The average Bonchev–Trinajstić information content (AvgIpc) is 3.04. The van der Waals surface area contributed by atoms with Crippen LogP contribution >= 0.6 is 31.9 Å². The highest BCUT2D eigenvalue weighted by molar-refractivity contribution is 9.10. The van der Waals surface area contributed by atoms with Gasteiger partial charge in [0, 0.05) is 48.2 Å². The summed E-state index contributed by atoms with van der Waals surface area (Å²) >= 11 is 6.86. The van der Waals surface area contributed by atoms with Crippen LogP contribution in [0, 0.1) is 35.1 Å². The summed E-state index contributed by atoms with van der Waals surface area (Å²) in [7, 11) is -7.35. The van der Waals surface area contributed by atoms with Crippen LogP contribution in [0.25, 0.3) is 0 Å². The van der Waals surface area contributed by atoms with E-state index in [-0.39, 0.29) is 52.0 Å². The molecule has 2 aliphatic rings. The third-order valence-electron chi connectivity index (χ3n) is 9.57. The van der Waals surface area contributed by atoms with Gasteiger partial charge in [-0.1, -0.05) is 44.0 Å². The molecule has 0 aromatic heterocycles. The zero-order valence-corrected chi connectivity index (χ0v) is 32.4. The molecule has 0 bridgehead atoms. The maximum absolute atomic E-state index is 14.8. The molecule has 2 heterocycles. The van der Waals surface area contributed by atoms with Crippen LogP contribution in [0.5, 0.6) is 0 Å². The Morgan fingerprint density at radius 3 is 1.23 bits per heavy atom. The van der Waals surface area contributed by atoms with Crippen LogP contribution in [0.4, 0.5) is 17.6 Å². The summed E-state index contributed by atoms with van der Waals surface area (Å²) in [6.45, 7) is 1.91. The number of nitrogens with zero attached hydrogens (tertiary/aromatic N) is 2. The van der Waals surface area contributed by atoms with Gasteiger partial charge in [-0.15, -0.1) is 0 Å². The van der Waals surface area contributed by atoms with Crippen molar-refractivity contribution in [1.82, 2.24) is 9.80 Å². The normalized spacial score (nSPS) is 17.3. The van der Waals surface area contributed by atoms with E-state index >= 15 is 0 Å². The Morgan fingerprint density at radius 2 is 0.904 bits per heavy atom. The molecule has 15 heteroatoms. The quantitative estimate of drug-likeness (QED) is 0.0995. The minimum absolute atomic E-state index is 0.0321. The highest BCUT2D eigenvalue weighted by Crippen LogP contribution is 2.38. The Hall–Kier alpha value is -2.95. The maximum Gasteiger partial charge on any atom is 0.178 e. The minimum Gasteiger partial charge on any atom is -0.302 e. The number of likely N-dealkylation sites (tertiary alicyclic amines) is 2. The second-order valence-corrected chi connectivity index (χ2v) is 19.3. The molecule has 0 spiro atoms. The molecule has 7 nitrogen and oxygen atoms in total. The Labute approximate surface area is 317 Å². The lowest BCUT2D eigenvalue weighted by Gasteiger charge is -2.43. The van der Waals surface area contributed by atoms with E-state index in [1.165, 1.54) is 60.7 Å². The molecular weight excluding hydrogens is 852 g/mol. The third kappa shape index (κ3) is 9.04. The number of halogens is 6. The summed E-state index contributed by atoms with van der Waals surface area (Å²) in [5, 5.41) is 0. The van der Waals surface area contributed by atoms with Crippen LogP contribution in [-0.2, 0) is 24.5 Å². The zero-order valence-electron chi connectivity index (χ0n) is 27.6. The van der Waals surface area contributed by atoms with Gasteiger partial charge in [0.2, 0.25) is 0 Å². The number of hydrogen-bond donors (Lipinski definition) is 0. The largest absolute Gasteiger partial charge is 0.302 e. The molecule has 2 fully saturated rings. The molecule has 4 aromatic carbocycles. The summed E-state index contributed by atoms with van der Waals surface area (Å²) in [5.41, 5.74) is 1.06. The lowest BCUT2D eigenvalue weighted by Crippen LogP contribution is -2.53. The van der Waals surface area contributed by atoms with Crippen molar-refractivity contribution in [3.8, 4) is 0 Å². The molecule has 0 amide bonds. The molecule has 2 atom stereocenters. The fraction of sp³-hybridized carbons (Fsp3) is 0.324. The molecule has 52 heavy (non-hydrogen) atoms. The van der Waals surface area contributed by atoms with Gasteiger partial charge in [0.15, 0.2) is 19.7 Å². The Kier molecular flexibility index (Phi) is 11.8. The smallest absolute Gasteiger partial charge is 0.178 e. The highest BCUT2D eigenvalue weighted by Gasteiger charge is 2.40. The SMILES string of the molecule is O=C(C(CN1CC(CS(=O)(=O)c2ccc(F)cc2)C1)c1ccc(F)cc1Br)C(CN1CC(CS(=O)(=O)c2ccc(F)cc2)C1)c1ccc(F)cc1Br. The van der Waals surface area contributed by atoms with Crippen LogP contribution < -0.4 is 0 Å². The van der Waals surface area contributed by atoms with Gasteiger partial charge in [0.1, 0.15) is 29.1 Å². The summed E-state index contributed by atoms with van der Waals surface area (Å²) < 4.78 is 108. The fourth-order valence-electron chi connectivity index (χ4n) is 6.97. The predicted molar refractivity (Wildman–Crippen MR) is 195 cm³/mol. The molecule has 2 aliphatic heterocycles. The Morgan fingerprint density at radius 1 is 0.577 bits per heavy atom. The van der Waals surface area contributed by atoms with E-state index in [0.29, 0.717) is 46.3 Å². The molecule has 0 radical (unpaired) electrons.